The third kappa shape index (κ3) is 4.96. The minimum Gasteiger partial charge on any atom is -0.496 e. The molecule has 0 aliphatic carbocycles. The molecule has 0 aliphatic heterocycles. The Morgan fingerprint density at radius 2 is 1.81 bits per heavy atom. The smallest absolute Gasteiger partial charge is 0.387 e. The van der Waals surface area contributed by atoms with E-state index < -0.39 is 6.61 Å². The van der Waals surface area contributed by atoms with Crippen LogP contribution in [0, 0.1) is 6.92 Å². The summed E-state index contributed by atoms with van der Waals surface area (Å²) in [6.07, 6.45) is 1.78. The molecule has 148 valence electrons. The van der Waals surface area contributed by atoms with E-state index in [2.05, 4.69) is 33.9 Å². The van der Waals surface area contributed by atoms with Crippen LogP contribution in [0.3, 0.4) is 0 Å². The van der Waals surface area contributed by atoms with Gasteiger partial charge >= 0.3 is 6.61 Å². The number of methoxy groups -OCH3 is 1. The normalized spacial score (nSPS) is 11.0. The summed E-state index contributed by atoms with van der Waals surface area (Å²) in [5, 5.41) is 3.00. The fourth-order valence-electron chi connectivity index (χ4n) is 2.66. The Morgan fingerprint density at radius 3 is 2.37 bits per heavy atom. The minimum absolute atomic E-state index is 0.0127. The van der Waals surface area contributed by atoms with Crippen molar-refractivity contribution in [2.24, 2.45) is 0 Å². The third-order valence-corrected chi connectivity index (χ3v) is 4.12. The zero-order chi connectivity index (χ0) is 20.0. The molecular weight excluding hydrogens is 356 g/mol. The van der Waals surface area contributed by atoms with Gasteiger partial charge in [-0.15, -0.1) is 0 Å². The third-order valence-electron chi connectivity index (χ3n) is 4.12. The number of aromatic nitrogens is 2. The van der Waals surface area contributed by atoms with Crippen LogP contribution in [-0.2, 0) is 0 Å². The van der Waals surface area contributed by atoms with E-state index in [0.717, 1.165) is 12.8 Å². The lowest BCUT2D eigenvalue weighted by molar-refractivity contribution is -0.0499. The molecule has 8 heteroatoms. The topological polar surface area (TPSA) is 65.5 Å². The van der Waals surface area contributed by atoms with Crippen molar-refractivity contribution in [2.45, 2.75) is 46.3 Å². The zero-order valence-corrected chi connectivity index (χ0v) is 16.2. The van der Waals surface area contributed by atoms with Crippen molar-refractivity contribution in [3.63, 3.8) is 0 Å². The fourth-order valence-corrected chi connectivity index (χ4v) is 2.66. The van der Waals surface area contributed by atoms with Crippen LogP contribution in [0.4, 0.5) is 14.6 Å². The molecule has 0 saturated carbocycles. The first kappa shape index (κ1) is 20.7. The number of anilines is 1. The van der Waals surface area contributed by atoms with Gasteiger partial charge in [0, 0.05) is 18.7 Å². The van der Waals surface area contributed by atoms with Gasteiger partial charge in [-0.05, 0) is 31.9 Å². The summed E-state index contributed by atoms with van der Waals surface area (Å²) in [7, 11) is 3.19. The van der Waals surface area contributed by atoms with Crippen LogP contribution >= 0.6 is 0 Å². The summed E-state index contributed by atoms with van der Waals surface area (Å²) < 4.78 is 40.6. The average Bonchev–Trinajstić information content (AvgIpc) is 2.65. The van der Waals surface area contributed by atoms with Crippen LogP contribution in [0.15, 0.2) is 18.2 Å². The molecule has 0 atom stereocenters. The summed E-state index contributed by atoms with van der Waals surface area (Å²) in [5.41, 5.74) is 1.82. The number of hydrogen-bond acceptors (Lipinski definition) is 6. The van der Waals surface area contributed by atoms with E-state index in [9.17, 15) is 8.78 Å². The summed E-state index contributed by atoms with van der Waals surface area (Å²) in [5.74, 6) is 1.31. The highest BCUT2D eigenvalue weighted by Gasteiger charge is 2.19. The predicted octanol–water partition coefficient (Wildman–Crippen LogP) is 4.67. The van der Waals surface area contributed by atoms with E-state index in [-0.39, 0.29) is 11.9 Å². The van der Waals surface area contributed by atoms with Gasteiger partial charge in [-0.25, -0.2) is 9.97 Å². The Morgan fingerprint density at radius 1 is 1.11 bits per heavy atom. The van der Waals surface area contributed by atoms with Crippen LogP contribution in [0.5, 0.6) is 17.4 Å². The van der Waals surface area contributed by atoms with Crippen molar-refractivity contribution in [3.05, 3.63) is 23.9 Å². The number of aryl methyl sites for hydroxylation is 1. The fraction of sp³-hybridized carbons (Fsp3) is 0.474. The molecule has 0 saturated heterocycles. The molecule has 0 fully saturated rings. The number of benzene rings is 1. The van der Waals surface area contributed by atoms with Gasteiger partial charge in [-0.2, -0.15) is 8.78 Å². The lowest BCUT2D eigenvalue weighted by atomic mass is 10.1. The second kappa shape index (κ2) is 9.34. The number of nitrogens with one attached hydrogen (secondary N) is 1. The molecule has 6 nitrogen and oxygen atoms in total. The summed E-state index contributed by atoms with van der Waals surface area (Å²) in [6, 6.07) is 4.46. The van der Waals surface area contributed by atoms with Gasteiger partial charge in [-0.1, -0.05) is 13.8 Å². The number of alkyl halides is 2. The largest absolute Gasteiger partial charge is 0.496 e. The zero-order valence-electron chi connectivity index (χ0n) is 16.2. The van der Waals surface area contributed by atoms with Crippen LogP contribution < -0.4 is 19.5 Å². The maximum Gasteiger partial charge on any atom is 0.387 e. The number of ether oxygens (including phenoxy) is 3. The lowest BCUT2D eigenvalue weighted by Gasteiger charge is -2.19. The molecule has 1 N–H and O–H groups in total. The van der Waals surface area contributed by atoms with E-state index in [1.807, 2.05) is 6.92 Å². The number of rotatable bonds is 9. The molecule has 0 amide bonds. The SMILES string of the molecule is CCC(CC)Oc1nc(C)c(-c2ccc(OC(F)F)cc2OC)nc1NC. The highest BCUT2D eigenvalue weighted by Crippen LogP contribution is 2.36. The Balaban J connectivity index is 2.46. The predicted molar refractivity (Wildman–Crippen MR) is 99.9 cm³/mol. The van der Waals surface area contributed by atoms with Crippen LogP contribution in [0.25, 0.3) is 11.3 Å². The van der Waals surface area contributed by atoms with E-state index in [1.165, 1.54) is 19.2 Å². The molecular formula is C19H25F2N3O3. The number of hydrogen-bond donors (Lipinski definition) is 1. The Hall–Kier alpha value is -2.64. The van der Waals surface area contributed by atoms with E-state index in [4.69, 9.17) is 9.47 Å². The standard InChI is InChI=1S/C19H25F2N3O3/c1-6-12(7-2)26-18-17(22-4)24-16(11(3)23-18)14-9-8-13(27-19(20)21)10-15(14)25-5/h8-10,12,19H,6-7H2,1-5H3,(H,22,24). The Kier molecular flexibility index (Phi) is 7.15. The minimum atomic E-state index is -2.90. The van der Waals surface area contributed by atoms with Gasteiger partial charge in [0.05, 0.1) is 18.5 Å². The molecule has 0 radical (unpaired) electrons. The van der Waals surface area contributed by atoms with Gasteiger partial charge in [0.25, 0.3) is 5.88 Å². The first-order valence-electron chi connectivity index (χ1n) is 8.79. The maximum absolute atomic E-state index is 12.4. The maximum atomic E-state index is 12.4. The van der Waals surface area contributed by atoms with E-state index in [0.29, 0.717) is 34.4 Å². The molecule has 0 spiro atoms. The quantitative estimate of drug-likeness (QED) is 0.681. The summed E-state index contributed by atoms with van der Waals surface area (Å²) in [6.45, 7) is 3.01. The van der Waals surface area contributed by atoms with E-state index >= 15 is 0 Å². The molecule has 0 aliphatic rings. The molecule has 2 aromatic rings. The van der Waals surface area contributed by atoms with Gasteiger partial charge in [0.2, 0.25) is 0 Å². The van der Waals surface area contributed by atoms with Crippen molar-refractivity contribution in [1.82, 2.24) is 9.97 Å². The van der Waals surface area contributed by atoms with Crippen molar-refractivity contribution in [3.8, 4) is 28.6 Å². The van der Waals surface area contributed by atoms with Gasteiger partial charge in [-0.3, -0.25) is 0 Å². The molecule has 2 rings (SSSR count). The second-order valence-electron chi connectivity index (χ2n) is 5.86. The van der Waals surface area contributed by atoms with Gasteiger partial charge in [0.15, 0.2) is 5.82 Å². The Labute approximate surface area is 157 Å². The van der Waals surface area contributed by atoms with E-state index in [1.54, 1.807) is 13.1 Å². The lowest BCUT2D eigenvalue weighted by Crippen LogP contribution is -2.16. The average molecular weight is 381 g/mol. The first-order chi connectivity index (χ1) is 12.9. The van der Waals surface area contributed by atoms with Gasteiger partial charge in [0.1, 0.15) is 17.6 Å². The Bertz CT molecular complexity index is 768. The molecule has 1 heterocycles. The molecule has 27 heavy (non-hydrogen) atoms. The van der Waals surface area contributed by atoms with Crippen LogP contribution in [0.1, 0.15) is 32.4 Å². The number of nitrogens with zero attached hydrogens (tertiary/aromatic N) is 2. The molecule has 1 aromatic heterocycles. The molecule has 0 unspecified atom stereocenters. The highest BCUT2D eigenvalue weighted by atomic mass is 19.3. The van der Waals surface area contributed by atoms with Crippen molar-refractivity contribution >= 4 is 5.82 Å². The molecule has 1 aromatic carbocycles. The van der Waals surface area contributed by atoms with Crippen LogP contribution in [0.2, 0.25) is 0 Å². The van der Waals surface area contributed by atoms with Crippen molar-refractivity contribution in [2.75, 3.05) is 19.5 Å². The van der Waals surface area contributed by atoms with Crippen molar-refractivity contribution < 1.29 is 23.0 Å². The van der Waals surface area contributed by atoms with Gasteiger partial charge < -0.3 is 19.5 Å². The van der Waals surface area contributed by atoms with Crippen molar-refractivity contribution in [1.29, 1.82) is 0 Å². The number of halogens is 2. The second-order valence-corrected chi connectivity index (χ2v) is 5.86. The highest BCUT2D eigenvalue weighted by molar-refractivity contribution is 5.72. The van der Waals surface area contributed by atoms with Crippen LogP contribution in [-0.4, -0.2) is 36.8 Å². The molecule has 0 bridgehead atoms. The monoisotopic (exact) mass is 381 g/mol. The summed E-state index contributed by atoms with van der Waals surface area (Å²) in [4.78, 5) is 9.16. The first-order valence-corrected chi connectivity index (χ1v) is 8.79. The summed E-state index contributed by atoms with van der Waals surface area (Å²) >= 11 is 0.